The second-order valence-corrected chi connectivity index (χ2v) is 6.78. The highest BCUT2D eigenvalue weighted by Gasteiger charge is 2.23. The predicted octanol–water partition coefficient (Wildman–Crippen LogP) is 3.54. The molecule has 0 aliphatic carbocycles. The third-order valence-corrected chi connectivity index (χ3v) is 4.34. The maximum absolute atomic E-state index is 12.3. The maximum Gasteiger partial charge on any atom is 0.325 e. The number of hydrogen-bond donors (Lipinski definition) is 2. The van der Waals surface area contributed by atoms with Crippen molar-refractivity contribution >= 4 is 23.6 Å². The molecule has 0 fully saturated rings. The van der Waals surface area contributed by atoms with E-state index in [0.29, 0.717) is 22.8 Å². The summed E-state index contributed by atoms with van der Waals surface area (Å²) in [6.45, 7) is 1.70. The van der Waals surface area contributed by atoms with Gasteiger partial charge in [0.25, 0.3) is 0 Å². The molecule has 2 N–H and O–H groups in total. The lowest BCUT2D eigenvalue weighted by atomic mass is 10.1. The molecule has 0 saturated carbocycles. The minimum absolute atomic E-state index is 0.236. The van der Waals surface area contributed by atoms with E-state index in [2.05, 4.69) is 20.8 Å². The van der Waals surface area contributed by atoms with Crippen LogP contribution >= 0.6 is 11.6 Å². The number of carbonyl (C=O) groups is 2. The number of urea groups is 1. The fourth-order valence-electron chi connectivity index (χ4n) is 2.75. The molecule has 1 atom stereocenters. The number of carbonyl (C=O) groups excluding carboxylic acids is 2. The zero-order valence-electron chi connectivity index (χ0n) is 16.3. The van der Waals surface area contributed by atoms with E-state index in [0.717, 1.165) is 5.56 Å². The molecule has 3 aromatic rings. The zero-order valence-corrected chi connectivity index (χ0v) is 17.1. The van der Waals surface area contributed by atoms with Crippen LogP contribution in [0.4, 0.5) is 4.79 Å². The number of nitrogens with zero attached hydrogens (tertiary/aromatic N) is 2. The molecule has 8 nitrogen and oxygen atoms in total. The normalized spacial score (nSPS) is 11.5. The van der Waals surface area contributed by atoms with Crippen molar-refractivity contribution in [2.45, 2.75) is 19.4 Å². The van der Waals surface area contributed by atoms with E-state index in [-0.39, 0.29) is 19.0 Å². The van der Waals surface area contributed by atoms with Crippen molar-refractivity contribution in [3.05, 3.63) is 71.1 Å². The molecule has 3 rings (SSSR count). The summed E-state index contributed by atoms with van der Waals surface area (Å²) in [5, 5.41) is 9.80. The highest BCUT2D eigenvalue weighted by atomic mass is 35.5. The molecule has 2 amide bonds. The molecule has 1 aromatic heterocycles. The van der Waals surface area contributed by atoms with Gasteiger partial charge in [-0.1, -0.05) is 59.2 Å². The van der Waals surface area contributed by atoms with Crippen molar-refractivity contribution in [3.8, 4) is 11.4 Å². The van der Waals surface area contributed by atoms with Crippen molar-refractivity contribution in [3.63, 3.8) is 0 Å². The molecule has 30 heavy (non-hydrogen) atoms. The Kier molecular flexibility index (Phi) is 7.40. The topological polar surface area (TPSA) is 106 Å². The Bertz CT molecular complexity index is 993. The Morgan fingerprint density at radius 2 is 1.97 bits per heavy atom. The van der Waals surface area contributed by atoms with Crippen LogP contribution in [-0.4, -0.2) is 35.3 Å². The molecule has 0 aliphatic rings. The Balaban J connectivity index is 1.76. The van der Waals surface area contributed by atoms with E-state index in [9.17, 15) is 9.59 Å². The average Bonchev–Trinajstić information content (AvgIpc) is 3.23. The monoisotopic (exact) mass is 428 g/mol. The first-order valence-electron chi connectivity index (χ1n) is 9.38. The zero-order chi connectivity index (χ0) is 21.3. The van der Waals surface area contributed by atoms with Crippen molar-refractivity contribution in [2.75, 3.05) is 13.2 Å². The van der Waals surface area contributed by atoms with Crippen LogP contribution in [0.25, 0.3) is 11.4 Å². The van der Waals surface area contributed by atoms with E-state index < -0.39 is 18.0 Å². The Morgan fingerprint density at radius 1 is 1.17 bits per heavy atom. The number of ether oxygens (including phenoxy) is 1. The number of halogens is 1. The van der Waals surface area contributed by atoms with Crippen LogP contribution in [0.2, 0.25) is 5.02 Å². The Morgan fingerprint density at radius 3 is 2.70 bits per heavy atom. The fourth-order valence-corrected chi connectivity index (χ4v) is 2.94. The van der Waals surface area contributed by atoms with Crippen molar-refractivity contribution in [1.29, 1.82) is 0 Å². The summed E-state index contributed by atoms with van der Waals surface area (Å²) >= 11 is 6.03. The van der Waals surface area contributed by atoms with E-state index in [1.807, 2.05) is 36.4 Å². The first kappa shape index (κ1) is 21.3. The summed E-state index contributed by atoms with van der Waals surface area (Å²) in [5.74, 6) is 0.0766. The van der Waals surface area contributed by atoms with Crippen LogP contribution in [0.1, 0.15) is 24.4 Å². The molecule has 0 radical (unpaired) electrons. The second-order valence-electron chi connectivity index (χ2n) is 6.34. The summed E-state index contributed by atoms with van der Waals surface area (Å²) < 4.78 is 10.2. The van der Waals surface area contributed by atoms with Crippen molar-refractivity contribution < 1.29 is 18.8 Å². The van der Waals surface area contributed by atoms with E-state index in [1.165, 1.54) is 0 Å². The average molecular weight is 429 g/mol. The number of hydrogen-bond acceptors (Lipinski definition) is 6. The smallest absolute Gasteiger partial charge is 0.325 e. The quantitative estimate of drug-likeness (QED) is 0.531. The second kappa shape index (κ2) is 10.4. The van der Waals surface area contributed by atoms with Crippen LogP contribution in [-0.2, 0) is 16.0 Å². The van der Waals surface area contributed by atoms with E-state index in [4.69, 9.17) is 20.9 Å². The van der Waals surface area contributed by atoms with Gasteiger partial charge in [0.15, 0.2) is 0 Å². The van der Waals surface area contributed by atoms with E-state index >= 15 is 0 Å². The Hall–Kier alpha value is -3.39. The Labute approximate surface area is 178 Å². The third-order valence-electron chi connectivity index (χ3n) is 4.11. The molecule has 2 aromatic carbocycles. The van der Waals surface area contributed by atoms with Crippen LogP contribution < -0.4 is 10.6 Å². The van der Waals surface area contributed by atoms with Gasteiger partial charge < -0.3 is 19.9 Å². The number of amides is 2. The summed E-state index contributed by atoms with van der Waals surface area (Å²) in [6, 6.07) is 15.5. The number of benzene rings is 2. The first-order chi connectivity index (χ1) is 14.5. The lowest BCUT2D eigenvalue weighted by molar-refractivity contribution is -0.141. The predicted molar refractivity (Wildman–Crippen MR) is 111 cm³/mol. The molecular weight excluding hydrogens is 408 g/mol. The third kappa shape index (κ3) is 6.05. The SMILES string of the molecule is CCOC(=O)CNC(=O)NC(Cc1ccccc1)c1nc(-c2cccc(Cl)c2)no1. The summed E-state index contributed by atoms with van der Waals surface area (Å²) in [4.78, 5) is 28.2. The number of esters is 1. The van der Waals surface area contributed by atoms with Gasteiger partial charge in [-0.2, -0.15) is 4.98 Å². The minimum Gasteiger partial charge on any atom is -0.465 e. The van der Waals surface area contributed by atoms with Gasteiger partial charge in [-0.15, -0.1) is 0 Å². The summed E-state index contributed by atoms with van der Waals surface area (Å²) in [5.41, 5.74) is 1.67. The minimum atomic E-state index is -0.602. The standard InChI is InChI=1S/C21H21ClN4O4/c1-2-29-18(27)13-23-21(28)24-17(11-14-7-4-3-5-8-14)20-25-19(26-30-20)15-9-6-10-16(22)12-15/h3-10,12,17H,2,11,13H2,1H3,(H2,23,24,28). The molecule has 9 heteroatoms. The van der Waals surface area contributed by atoms with Gasteiger partial charge in [0.1, 0.15) is 12.6 Å². The fraction of sp³-hybridized carbons (Fsp3) is 0.238. The van der Waals surface area contributed by atoms with Gasteiger partial charge in [-0.3, -0.25) is 4.79 Å². The van der Waals surface area contributed by atoms with Gasteiger partial charge in [0.05, 0.1) is 6.61 Å². The molecule has 0 aliphatic heterocycles. The van der Waals surface area contributed by atoms with Gasteiger partial charge in [-0.25, -0.2) is 4.79 Å². The number of aromatic nitrogens is 2. The van der Waals surface area contributed by atoms with E-state index in [1.54, 1.807) is 25.1 Å². The molecule has 0 saturated heterocycles. The number of rotatable bonds is 8. The van der Waals surface area contributed by atoms with Gasteiger partial charge in [0.2, 0.25) is 11.7 Å². The maximum atomic E-state index is 12.3. The van der Waals surface area contributed by atoms with Crippen LogP contribution in [0, 0.1) is 0 Å². The lowest BCUT2D eigenvalue weighted by Crippen LogP contribution is -2.41. The molecule has 0 spiro atoms. The van der Waals surface area contributed by atoms with Crippen molar-refractivity contribution in [2.24, 2.45) is 0 Å². The first-order valence-corrected chi connectivity index (χ1v) is 9.76. The number of nitrogens with one attached hydrogen (secondary N) is 2. The van der Waals surface area contributed by atoms with Crippen molar-refractivity contribution in [1.82, 2.24) is 20.8 Å². The highest BCUT2D eigenvalue weighted by molar-refractivity contribution is 6.30. The van der Waals surface area contributed by atoms with Crippen LogP contribution in [0.3, 0.4) is 0 Å². The summed E-state index contributed by atoms with van der Waals surface area (Å²) in [6.07, 6.45) is 0.421. The molecule has 1 unspecified atom stereocenters. The van der Waals surface area contributed by atoms with Crippen LogP contribution in [0.15, 0.2) is 59.1 Å². The molecular formula is C21H21ClN4O4. The molecule has 0 bridgehead atoms. The van der Waals surface area contributed by atoms with Gasteiger partial charge >= 0.3 is 12.0 Å². The molecule has 1 heterocycles. The molecule has 156 valence electrons. The highest BCUT2D eigenvalue weighted by Crippen LogP contribution is 2.23. The van der Waals surface area contributed by atoms with Crippen LogP contribution in [0.5, 0.6) is 0 Å². The van der Waals surface area contributed by atoms with Gasteiger partial charge in [-0.05, 0) is 24.6 Å². The van der Waals surface area contributed by atoms with Gasteiger partial charge in [0, 0.05) is 17.0 Å². The lowest BCUT2D eigenvalue weighted by Gasteiger charge is -2.15. The summed E-state index contributed by atoms with van der Waals surface area (Å²) in [7, 11) is 0. The largest absolute Gasteiger partial charge is 0.465 e.